The minimum atomic E-state index is -0.250. The molecule has 184 valence electrons. The summed E-state index contributed by atoms with van der Waals surface area (Å²) in [4.78, 5) is 19.8. The van der Waals surface area contributed by atoms with Crippen LogP contribution in [0.5, 0.6) is 23.1 Å². The number of hydrogen-bond donors (Lipinski definition) is 1. The van der Waals surface area contributed by atoms with Crippen molar-refractivity contribution >= 4 is 5.91 Å². The number of carbonyl (C=O) groups excluding carboxylic acids is 1. The van der Waals surface area contributed by atoms with Gasteiger partial charge in [0.05, 0.1) is 33.0 Å². The van der Waals surface area contributed by atoms with E-state index in [4.69, 9.17) is 18.9 Å². The molecule has 35 heavy (non-hydrogen) atoms. The lowest BCUT2D eigenvalue weighted by Gasteiger charge is -2.35. The minimum Gasteiger partial charge on any atom is -0.493 e. The highest BCUT2D eigenvalue weighted by molar-refractivity contribution is 5.96. The summed E-state index contributed by atoms with van der Waals surface area (Å²) in [6.07, 6.45) is 1.61. The number of carbonyl (C=O) groups is 1. The molecule has 1 fully saturated rings. The largest absolute Gasteiger partial charge is 0.493 e. The summed E-state index contributed by atoms with van der Waals surface area (Å²) < 4.78 is 22.7. The van der Waals surface area contributed by atoms with Gasteiger partial charge in [0.1, 0.15) is 11.3 Å². The van der Waals surface area contributed by atoms with Crippen molar-refractivity contribution in [2.75, 3.05) is 46.6 Å². The highest BCUT2D eigenvalue weighted by atomic mass is 16.5. The smallest absolute Gasteiger partial charge is 0.256 e. The lowest BCUT2D eigenvalue weighted by molar-refractivity contribution is 0.0162. The van der Waals surface area contributed by atoms with Gasteiger partial charge in [0.2, 0.25) is 5.88 Å². The van der Waals surface area contributed by atoms with Gasteiger partial charge in [-0.25, -0.2) is 4.98 Å². The number of methoxy groups -OCH3 is 1. The van der Waals surface area contributed by atoms with E-state index in [1.54, 1.807) is 25.4 Å². The Bertz CT molecular complexity index is 1100. The van der Waals surface area contributed by atoms with Crippen LogP contribution >= 0.6 is 0 Å². The Morgan fingerprint density at radius 1 is 1.09 bits per heavy atom. The summed E-state index contributed by atoms with van der Waals surface area (Å²) in [7, 11) is 1.63. The molecular formula is C27H31N3O5. The molecule has 1 saturated heterocycles. The number of nitrogens with zero attached hydrogens (tertiary/aromatic N) is 2. The molecule has 8 nitrogen and oxygen atoms in total. The van der Waals surface area contributed by atoms with Crippen molar-refractivity contribution in [3.63, 3.8) is 0 Å². The predicted molar refractivity (Wildman–Crippen MR) is 132 cm³/mol. The zero-order valence-electron chi connectivity index (χ0n) is 20.1. The quantitative estimate of drug-likeness (QED) is 0.471. The van der Waals surface area contributed by atoms with Gasteiger partial charge in [-0.1, -0.05) is 24.3 Å². The fraction of sp³-hybridized carbons (Fsp3) is 0.333. The van der Waals surface area contributed by atoms with Gasteiger partial charge in [0.15, 0.2) is 11.5 Å². The average Bonchev–Trinajstić information content (AvgIpc) is 2.91. The molecule has 1 amide bonds. The van der Waals surface area contributed by atoms with E-state index >= 15 is 0 Å². The first-order valence-electron chi connectivity index (χ1n) is 11.8. The molecule has 4 rings (SSSR count). The zero-order valence-corrected chi connectivity index (χ0v) is 20.1. The van der Waals surface area contributed by atoms with Crippen molar-refractivity contribution in [3.8, 4) is 23.1 Å². The number of hydrogen-bond acceptors (Lipinski definition) is 7. The summed E-state index contributed by atoms with van der Waals surface area (Å²) in [5.41, 5.74) is 1.40. The van der Waals surface area contributed by atoms with Crippen molar-refractivity contribution < 1.29 is 23.7 Å². The highest BCUT2D eigenvalue weighted by Crippen LogP contribution is 2.32. The first kappa shape index (κ1) is 24.5. The summed E-state index contributed by atoms with van der Waals surface area (Å²) in [5, 5.41) is 3.08. The molecule has 1 atom stereocenters. The van der Waals surface area contributed by atoms with E-state index < -0.39 is 0 Å². The van der Waals surface area contributed by atoms with Crippen LogP contribution in [0.2, 0.25) is 0 Å². The van der Waals surface area contributed by atoms with E-state index in [1.807, 2.05) is 55.5 Å². The first-order valence-corrected chi connectivity index (χ1v) is 11.8. The molecule has 0 aliphatic carbocycles. The molecule has 0 radical (unpaired) electrons. The number of nitrogens with one attached hydrogen (secondary N) is 1. The van der Waals surface area contributed by atoms with Crippen LogP contribution in [0.25, 0.3) is 0 Å². The van der Waals surface area contributed by atoms with Crippen molar-refractivity contribution in [2.45, 2.75) is 13.0 Å². The van der Waals surface area contributed by atoms with Crippen LogP contribution in [-0.2, 0) is 4.74 Å². The molecule has 1 aliphatic rings. The molecule has 1 unspecified atom stereocenters. The van der Waals surface area contributed by atoms with Crippen molar-refractivity contribution in [1.29, 1.82) is 0 Å². The maximum absolute atomic E-state index is 13.2. The summed E-state index contributed by atoms with van der Waals surface area (Å²) in [5.74, 6) is 2.00. The van der Waals surface area contributed by atoms with Gasteiger partial charge in [0.25, 0.3) is 5.91 Å². The number of rotatable bonds is 10. The summed E-state index contributed by atoms with van der Waals surface area (Å²) in [6, 6.07) is 18.6. The second-order valence-electron chi connectivity index (χ2n) is 7.99. The van der Waals surface area contributed by atoms with E-state index in [0.29, 0.717) is 49.2 Å². The second-order valence-corrected chi connectivity index (χ2v) is 7.99. The van der Waals surface area contributed by atoms with Gasteiger partial charge >= 0.3 is 0 Å². The Labute approximate surface area is 205 Å². The highest BCUT2D eigenvalue weighted by Gasteiger charge is 2.25. The number of amides is 1. The molecule has 2 heterocycles. The predicted octanol–water partition coefficient (Wildman–Crippen LogP) is 4.08. The lowest BCUT2D eigenvalue weighted by Crippen LogP contribution is -2.43. The van der Waals surface area contributed by atoms with Crippen LogP contribution in [0.15, 0.2) is 66.9 Å². The number of para-hydroxylation sites is 1. The Hall–Kier alpha value is -3.62. The molecular weight excluding hydrogens is 446 g/mol. The monoisotopic (exact) mass is 477 g/mol. The molecule has 0 spiro atoms. The third-order valence-electron chi connectivity index (χ3n) is 5.79. The number of benzene rings is 2. The molecule has 0 saturated carbocycles. The Morgan fingerprint density at radius 3 is 2.63 bits per heavy atom. The molecule has 3 aromatic rings. The van der Waals surface area contributed by atoms with Gasteiger partial charge in [-0.2, -0.15) is 0 Å². The topological polar surface area (TPSA) is 82.2 Å². The molecule has 8 heteroatoms. The van der Waals surface area contributed by atoms with Crippen molar-refractivity contribution in [1.82, 2.24) is 15.2 Å². The fourth-order valence-electron chi connectivity index (χ4n) is 4.04. The molecule has 1 N–H and O–H groups in total. The van der Waals surface area contributed by atoms with Crippen LogP contribution in [0.3, 0.4) is 0 Å². The van der Waals surface area contributed by atoms with Crippen LogP contribution in [0.4, 0.5) is 0 Å². The maximum atomic E-state index is 13.2. The van der Waals surface area contributed by atoms with Crippen LogP contribution in [-0.4, -0.2) is 62.4 Å². The van der Waals surface area contributed by atoms with Gasteiger partial charge < -0.3 is 24.3 Å². The van der Waals surface area contributed by atoms with Gasteiger partial charge in [-0.3, -0.25) is 9.69 Å². The Morgan fingerprint density at radius 2 is 1.89 bits per heavy atom. The number of aromatic nitrogens is 1. The third-order valence-corrected chi connectivity index (χ3v) is 5.79. The van der Waals surface area contributed by atoms with Gasteiger partial charge in [-0.15, -0.1) is 0 Å². The maximum Gasteiger partial charge on any atom is 0.256 e. The minimum absolute atomic E-state index is 0.0670. The summed E-state index contributed by atoms with van der Waals surface area (Å²) >= 11 is 0. The molecule has 2 aromatic carbocycles. The van der Waals surface area contributed by atoms with Crippen LogP contribution in [0.1, 0.15) is 28.9 Å². The molecule has 1 aromatic heterocycles. The van der Waals surface area contributed by atoms with Crippen LogP contribution < -0.4 is 19.5 Å². The molecule has 1 aliphatic heterocycles. The normalized spacial score (nSPS) is 14.7. The van der Waals surface area contributed by atoms with E-state index in [1.165, 1.54) is 0 Å². The first-order chi connectivity index (χ1) is 17.2. The SMILES string of the molecule is CCOc1ccc(C(CNC(=O)c2cccnc2Oc2ccccc2)N2CCOCC2)cc1OC. The Kier molecular flexibility index (Phi) is 8.53. The average molecular weight is 478 g/mol. The van der Waals surface area contributed by atoms with E-state index in [2.05, 4.69) is 15.2 Å². The standard InChI is InChI=1S/C27H31N3O5/c1-3-34-24-12-11-20(18-25(24)32-2)23(30-14-16-33-17-15-30)19-29-26(31)22-10-7-13-28-27(22)35-21-8-5-4-6-9-21/h4-13,18,23H,3,14-17,19H2,1-2H3,(H,29,31). The zero-order chi connectivity index (χ0) is 24.5. The number of ether oxygens (including phenoxy) is 4. The third kappa shape index (κ3) is 6.29. The van der Waals surface area contributed by atoms with E-state index in [-0.39, 0.29) is 17.8 Å². The second kappa shape index (κ2) is 12.2. The summed E-state index contributed by atoms with van der Waals surface area (Å²) in [6.45, 7) is 5.73. The fourth-order valence-corrected chi connectivity index (χ4v) is 4.04. The molecule has 0 bridgehead atoms. The lowest BCUT2D eigenvalue weighted by atomic mass is 10.0. The number of pyridine rings is 1. The van der Waals surface area contributed by atoms with Crippen molar-refractivity contribution in [3.05, 3.63) is 78.0 Å². The van der Waals surface area contributed by atoms with Crippen LogP contribution in [0, 0.1) is 0 Å². The van der Waals surface area contributed by atoms with E-state index in [9.17, 15) is 4.79 Å². The van der Waals surface area contributed by atoms with E-state index in [0.717, 1.165) is 18.7 Å². The Balaban J connectivity index is 1.53. The van der Waals surface area contributed by atoms with Gasteiger partial charge in [-0.05, 0) is 48.9 Å². The number of morpholine rings is 1. The van der Waals surface area contributed by atoms with Gasteiger partial charge in [0, 0.05) is 25.8 Å². The van der Waals surface area contributed by atoms with Crippen molar-refractivity contribution in [2.24, 2.45) is 0 Å².